The van der Waals surface area contributed by atoms with E-state index in [2.05, 4.69) is 13.8 Å². The lowest BCUT2D eigenvalue weighted by Crippen LogP contribution is -2.70. The van der Waals surface area contributed by atoms with Crippen molar-refractivity contribution in [1.82, 2.24) is 0 Å². The van der Waals surface area contributed by atoms with E-state index >= 15 is 0 Å². The van der Waals surface area contributed by atoms with Crippen LogP contribution in [-0.4, -0.2) is 44.0 Å². The summed E-state index contributed by atoms with van der Waals surface area (Å²) in [6.45, 7) is 7.35. The zero-order valence-corrected chi connectivity index (χ0v) is 17.6. The fraction of sp³-hybridized carbons (Fsp3) is 1.00. The third-order valence-electron chi connectivity index (χ3n) is 10.3. The normalized spacial score (nSPS) is 60.8. The van der Waals surface area contributed by atoms with Gasteiger partial charge in [0.1, 0.15) is 0 Å². The summed E-state index contributed by atoms with van der Waals surface area (Å²) in [5.41, 5.74) is 7.34. The Kier molecular flexibility index (Phi) is 3.94. The van der Waals surface area contributed by atoms with E-state index in [0.29, 0.717) is 43.7 Å². The average molecular weight is 392 g/mol. The molecule has 0 spiro atoms. The van der Waals surface area contributed by atoms with Crippen molar-refractivity contribution in [3.8, 4) is 0 Å². The number of hydrogen-bond acceptors (Lipinski definition) is 5. The molecule has 0 aromatic heterocycles. The van der Waals surface area contributed by atoms with Crippen LogP contribution < -0.4 is 5.73 Å². The second kappa shape index (κ2) is 5.94. The summed E-state index contributed by atoms with van der Waals surface area (Å²) in [7, 11) is 0. The second-order valence-corrected chi connectivity index (χ2v) is 11.1. The Morgan fingerprint density at radius 1 is 0.821 bits per heavy atom. The standard InChI is InChI=1S/C23H37NO4/c1-20-7-4-3-5-15(20)13-18(24)19-16(20)6-8-21(2)17(19)14-22-23(21,27-11-9-25-22)28-12-10-26-22/h15-19H,3-14,24H2,1-2H3/t15?,16-,17-,18+,19+,20-,21-,22?,23?/m0/s1. The van der Waals surface area contributed by atoms with Crippen molar-refractivity contribution in [2.75, 3.05) is 26.4 Å². The maximum atomic E-state index is 6.98. The highest BCUT2D eigenvalue weighted by atomic mass is 16.8. The monoisotopic (exact) mass is 391 g/mol. The van der Waals surface area contributed by atoms with E-state index in [4.69, 9.17) is 24.7 Å². The van der Waals surface area contributed by atoms with Gasteiger partial charge in [0, 0.05) is 17.9 Å². The second-order valence-electron chi connectivity index (χ2n) is 11.1. The summed E-state index contributed by atoms with van der Waals surface area (Å²) in [5, 5.41) is 0. The topological polar surface area (TPSA) is 62.9 Å². The molecule has 2 aliphatic heterocycles. The molecule has 2 saturated heterocycles. The van der Waals surface area contributed by atoms with Gasteiger partial charge in [0.15, 0.2) is 0 Å². The lowest BCUT2D eigenvalue weighted by atomic mass is 9.44. The van der Waals surface area contributed by atoms with Gasteiger partial charge in [0.25, 0.3) is 0 Å². The van der Waals surface area contributed by atoms with Crippen LogP contribution in [-0.2, 0) is 18.9 Å². The number of nitrogens with two attached hydrogens (primary N) is 1. The molecule has 0 aromatic carbocycles. The summed E-state index contributed by atoms with van der Waals surface area (Å²) in [5.74, 6) is 1.00. The summed E-state index contributed by atoms with van der Waals surface area (Å²) < 4.78 is 25.7. The first-order chi connectivity index (χ1) is 13.5. The number of ether oxygens (including phenoxy) is 4. The van der Waals surface area contributed by atoms with Crippen molar-refractivity contribution in [3.63, 3.8) is 0 Å². The quantitative estimate of drug-likeness (QED) is 0.685. The zero-order chi connectivity index (χ0) is 19.2. The predicted molar refractivity (Wildman–Crippen MR) is 104 cm³/mol. The lowest BCUT2D eigenvalue weighted by Gasteiger charge is -2.63. The van der Waals surface area contributed by atoms with Crippen molar-refractivity contribution in [2.45, 2.75) is 82.8 Å². The first kappa shape index (κ1) is 18.6. The predicted octanol–water partition coefficient (Wildman–Crippen LogP) is 3.45. The molecule has 158 valence electrons. The van der Waals surface area contributed by atoms with Crippen LogP contribution in [0.4, 0.5) is 0 Å². The third-order valence-corrected chi connectivity index (χ3v) is 10.3. The van der Waals surface area contributed by atoms with E-state index in [-0.39, 0.29) is 11.5 Å². The molecule has 5 heteroatoms. The Balaban J connectivity index is 1.43. The van der Waals surface area contributed by atoms with Crippen LogP contribution in [0.2, 0.25) is 0 Å². The fourth-order valence-corrected chi connectivity index (χ4v) is 9.05. The maximum Gasteiger partial charge on any atom is 0.229 e. The molecule has 0 aromatic rings. The smallest absolute Gasteiger partial charge is 0.229 e. The van der Waals surface area contributed by atoms with Crippen LogP contribution in [0.1, 0.15) is 65.2 Å². The first-order valence-corrected chi connectivity index (χ1v) is 11.8. The summed E-state index contributed by atoms with van der Waals surface area (Å²) in [4.78, 5) is 0. The van der Waals surface area contributed by atoms with Gasteiger partial charge in [0.05, 0.1) is 26.4 Å². The molecule has 6 fully saturated rings. The SMILES string of the molecule is C[C@]12CCCCC1C[C@@H](N)[C@@H]1[C@@H]2CC[C@@]2(C)[C@H]1CC13OCCOC12OCCO3. The largest absolute Gasteiger partial charge is 0.343 e. The van der Waals surface area contributed by atoms with Crippen LogP contribution in [0.15, 0.2) is 0 Å². The summed E-state index contributed by atoms with van der Waals surface area (Å²) in [6.07, 6.45) is 9.96. The minimum absolute atomic E-state index is 0.0928. The molecule has 6 rings (SSSR count). The maximum absolute atomic E-state index is 6.98. The van der Waals surface area contributed by atoms with Crippen molar-refractivity contribution < 1.29 is 18.9 Å². The molecular weight excluding hydrogens is 354 g/mol. The van der Waals surface area contributed by atoms with E-state index in [1.807, 2.05) is 0 Å². The molecule has 2 N–H and O–H groups in total. The molecule has 2 heterocycles. The minimum atomic E-state index is -0.754. The van der Waals surface area contributed by atoms with Crippen molar-refractivity contribution in [2.24, 2.45) is 40.2 Å². The van der Waals surface area contributed by atoms with Gasteiger partial charge in [-0.25, -0.2) is 0 Å². The van der Waals surface area contributed by atoms with Crippen molar-refractivity contribution in [1.29, 1.82) is 0 Å². The summed E-state index contributed by atoms with van der Waals surface area (Å²) in [6, 6.07) is 0.279. The van der Waals surface area contributed by atoms with Crippen molar-refractivity contribution >= 4 is 0 Å². The van der Waals surface area contributed by atoms with Gasteiger partial charge < -0.3 is 24.7 Å². The van der Waals surface area contributed by atoms with E-state index in [1.54, 1.807) is 0 Å². The van der Waals surface area contributed by atoms with Crippen LogP contribution in [0.5, 0.6) is 0 Å². The number of fused-ring (bicyclic) bond motifs is 5. The van der Waals surface area contributed by atoms with Gasteiger partial charge in [-0.1, -0.05) is 26.7 Å². The lowest BCUT2D eigenvalue weighted by molar-refractivity contribution is -0.474. The molecule has 7 atom stereocenters. The molecule has 4 saturated carbocycles. The Morgan fingerprint density at radius 3 is 2.29 bits per heavy atom. The minimum Gasteiger partial charge on any atom is -0.343 e. The van der Waals surface area contributed by atoms with Crippen LogP contribution in [0.25, 0.3) is 0 Å². The van der Waals surface area contributed by atoms with Gasteiger partial charge in [-0.05, 0) is 61.2 Å². The van der Waals surface area contributed by atoms with E-state index in [9.17, 15) is 0 Å². The first-order valence-electron chi connectivity index (χ1n) is 11.8. The molecule has 1 unspecified atom stereocenters. The van der Waals surface area contributed by atoms with E-state index in [1.165, 1.54) is 38.5 Å². The van der Waals surface area contributed by atoms with Crippen LogP contribution in [0, 0.1) is 34.5 Å². The highest BCUT2D eigenvalue weighted by Crippen LogP contribution is 2.72. The molecular formula is C23H37NO4. The highest BCUT2D eigenvalue weighted by Gasteiger charge is 2.79. The Labute approximate surface area is 169 Å². The summed E-state index contributed by atoms with van der Waals surface area (Å²) >= 11 is 0. The van der Waals surface area contributed by atoms with E-state index in [0.717, 1.165) is 24.7 Å². The van der Waals surface area contributed by atoms with Crippen molar-refractivity contribution in [3.05, 3.63) is 0 Å². The molecule has 6 aliphatic rings. The van der Waals surface area contributed by atoms with Gasteiger partial charge in [0.2, 0.25) is 11.6 Å². The van der Waals surface area contributed by atoms with Gasteiger partial charge in [-0.15, -0.1) is 0 Å². The van der Waals surface area contributed by atoms with Gasteiger partial charge in [-0.3, -0.25) is 0 Å². The molecule has 0 bridgehead atoms. The zero-order valence-electron chi connectivity index (χ0n) is 17.6. The van der Waals surface area contributed by atoms with Crippen LogP contribution >= 0.6 is 0 Å². The van der Waals surface area contributed by atoms with E-state index < -0.39 is 11.6 Å². The molecule has 4 aliphatic carbocycles. The van der Waals surface area contributed by atoms with Gasteiger partial charge >= 0.3 is 0 Å². The fourth-order valence-electron chi connectivity index (χ4n) is 9.05. The Morgan fingerprint density at radius 2 is 1.54 bits per heavy atom. The Hall–Kier alpha value is -0.200. The molecule has 0 radical (unpaired) electrons. The molecule has 28 heavy (non-hydrogen) atoms. The Bertz CT molecular complexity index is 643. The molecule has 0 amide bonds. The molecule has 5 nitrogen and oxygen atoms in total. The number of hydrogen-bond donors (Lipinski definition) is 1. The van der Waals surface area contributed by atoms with Gasteiger partial charge in [-0.2, -0.15) is 0 Å². The number of rotatable bonds is 0. The average Bonchev–Trinajstić information content (AvgIpc) is 2.95. The highest BCUT2D eigenvalue weighted by molar-refractivity contribution is 5.20. The van der Waals surface area contributed by atoms with Crippen LogP contribution in [0.3, 0.4) is 0 Å². The third kappa shape index (κ3) is 2.01.